The van der Waals surface area contributed by atoms with Crippen LogP contribution in [0, 0.1) is 5.92 Å². The summed E-state index contributed by atoms with van der Waals surface area (Å²) in [5.41, 5.74) is 0. The molecule has 10 heavy (non-hydrogen) atoms. The first-order valence-corrected chi connectivity index (χ1v) is 3.70. The minimum Gasteiger partial charge on any atom is -0.388 e. The Morgan fingerprint density at radius 2 is 1.90 bits per heavy atom. The summed E-state index contributed by atoms with van der Waals surface area (Å²) in [6.45, 7) is 3.26. The van der Waals surface area contributed by atoms with Gasteiger partial charge in [0.05, 0.1) is 19.3 Å². The molecule has 0 amide bonds. The van der Waals surface area contributed by atoms with Gasteiger partial charge in [-0.1, -0.05) is 6.92 Å². The molecule has 0 aromatic rings. The van der Waals surface area contributed by atoms with E-state index in [1.54, 1.807) is 0 Å². The molecule has 0 aromatic heterocycles. The lowest BCUT2D eigenvalue weighted by atomic mass is 10.0. The third kappa shape index (κ3) is 0.779. The number of ether oxygens (including phenoxy) is 2. The molecular weight excluding hydrogens is 132 g/mol. The molecule has 2 fully saturated rings. The van der Waals surface area contributed by atoms with Gasteiger partial charge in [-0.3, -0.25) is 0 Å². The Morgan fingerprint density at radius 1 is 1.20 bits per heavy atom. The second-order valence-corrected chi connectivity index (χ2v) is 3.14. The second-order valence-electron chi connectivity index (χ2n) is 3.14. The quantitative estimate of drug-likeness (QED) is 0.511. The molecule has 2 saturated heterocycles. The van der Waals surface area contributed by atoms with E-state index in [0.29, 0.717) is 12.5 Å². The average Bonchev–Trinajstić information content (AvgIpc) is 2.41. The molecule has 1 N–H and O–H groups in total. The van der Waals surface area contributed by atoms with E-state index in [1.165, 1.54) is 0 Å². The highest BCUT2D eigenvalue weighted by molar-refractivity contribution is 4.92. The third-order valence-electron chi connectivity index (χ3n) is 2.27. The van der Waals surface area contributed by atoms with Gasteiger partial charge in [-0.05, 0) is 0 Å². The van der Waals surface area contributed by atoms with Crippen LogP contribution in [0.4, 0.5) is 0 Å². The smallest absolute Gasteiger partial charge is 0.112 e. The van der Waals surface area contributed by atoms with Crippen LogP contribution < -0.4 is 0 Å². The first-order valence-electron chi connectivity index (χ1n) is 3.70. The van der Waals surface area contributed by atoms with Crippen LogP contribution in [0.2, 0.25) is 0 Å². The van der Waals surface area contributed by atoms with E-state index in [1.807, 2.05) is 0 Å². The predicted octanol–water partition coefficient (Wildman–Crippen LogP) is -0.219. The molecular formula is C7H12O3. The maximum Gasteiger partial charge on any atom is 0.112 e. The van der Waals surface area contributed by atoms with E-state index < -0.39 is 6.10 Å². The molecule has 2 heterocycles. The third-order valence-corrected chi connectivity index (χ3v) is 2.27. The van der Waals surface area contributed by atoms with E-state index in [4.69, 9.17) is 9.47 Å². The first-order chi connectivity index (χ1) is 4.79. The van der Waals surface area contributed by atoms with Gasteiger partial charge in [0.25, 0.3) is 0 Å². The number of aliphatic hydroxyl groups is 1. The van der Waals surface area contributed by atoms with E-state index in [2.05, 4.69) is 6.92 Å². The monoisotopic (exact) mass is 144 g/mol. The zero-order valence-corrected chi connectivity index (χ0v) is 5.99. The molecule has 4 atom stereocenters. The van der Waals surface area contributed by atoms with Crippen molar-refractivity contribution in [2.24, 2.45) is 5.92 Å². The molecule has 58 valence electrons. The van der Waals surface area contributed by atoms with Gasteiger partial charge in [0, 0.05) is 5.92 Å². The van der Waals surface area contributed by atoms with Gasteiger partial charge in [0.1, 0.15) is 12.2 Å². The van der Waals surface area contributed by atoms with Gasteiger partial charge in [-0.2, -0.15) is 0 Å². The molecule has 2 aliphatic heterocycles. The number of hydrogen-bond acceptors (Lipinski definition) is 3. The van der Waals surface area contributed by atoms with Crippen LogP contribution in [0.25, 0.3) is 0 Å². The number of aliphatic hydroxyl groups excluding tert-OH is 1. The highest BCUT2D eigenvalue weighted by Gasteiger charge is 2.44. The SMILES string of the molecule is C[C@H]1COC2C(O)COC21. The summed E-state index contributed by atoms with van der Waals surface area (Å²) >= 11 is 0. The van der Waals surface area contributed by atoms with Crippen molar-refractivity contribution in [1.29, 1.82) is 0 Å². The van der Waals surface area contributed by atoms with Crippen molar-refractivity contribution in [2.75, 3.05) is 13.2 Å². The summed E-state index contributed by atoms with van der Waals surface area (Å²) in [7, 11) is 0. The maximum absolute atomic E-state index is 9.27. The lowest BCUT2D eigenvalue weighted by molar-refractivity contribution is 0.0173. The Bertz CT molecular complexity index is 121. The average molecular weight is 144 g/mol. The van der Waals surface area contributed by atoms with Crippen molar-refractivity contribution in [3.05, 3.63) is 0 Å². The maximum atomic E-state index is 9.27. The first kappa shape index (κ1) is 6.58. The van der Waals surface area contributed by atoms with Crippen molar-refractivity contribution in [2.45, 2.75) is 25.2 Å². The van der Waals surface area contributed by atoms with Gasteiger partial charge in [0.15, 0.2) is 0 Å². The highest BCUT2D eigenvalue weighted by atomic mass is 16.6. The fourth-order valence-electron chi connectivity index (χ4n) is 1.67. The van der Waals surface area contributed by atoms with Crippen molar-refractivity contribution in [3.63, 3.8) is 0 Å². The largest absolute Gasteiger partial charge is 0.388 e. The van der Waals surface area contributed by atoms with E-state index in [9.17, 15) is 5.11 Å². The summed E-state index contributed by atoms with van der Waals surface area (Å²) in [6.07, 6.45) is -0.292. The molecule has 0 spiro atoms. The number of rotatable bonds is 0. The Balaban J connectivity index is 2.09. The Hall–Kier alpha value is -0.120. The summed E-state index contributed by atoms with van der Waals surface area (Å²) < 4.78 is 10.7. The molecule has 2 aliphatic rings. The Labute approximate surface area is 59.9 Å². The van der Waals surface area contributed by atoms with Gasteiger partial charge < -0.3 is 14.6 Å². The van der Waals surface area contributed by atoms with Crippen molar-refractivity contribution < 1.29 is 14.6 Å². The second kappa shape index (κ2) is 2.19. The molecule has 0 saturated carbocycles. The van der Waals surface area contributed by atoms with Crippen LogP contribution in [0.5, 0.6) is 0 Å². The lowest BCUT2D eigenvalue weighted by Gasteiger charge is -2.10. The number of hydrogen-bond donors (Lipinski definition) is 1. The van der Waals surface area contributed by atoms with E-state index in [0.717, 1.165) is 6.61 Å². The molecule has 0 aliphatic carbocycles. The van der Waals surface area contributed by atoms with Crippen LogP contribution >= 0.6 is 0 Å². The van der Waals surface area contributed by atoms with Gasteiger partial charge in [0.2, 0.25) is 0 Å². The van der Waals surface area contributed by atoms with Crippen LogP contribution in [-0.2, 0) is 9.47 Å². The van der Waals surface area contributed by atoms with Crippen molar-refractivity contribution in [3.8, 4) is 0 Å². The highest BCUT2D eigenvalue weighted by Crippen LogP contribution is 2.30. The molecule has 3 heteroatoms. The zero-order valence-electron chi connectivity index (χ0n) is 5.99. The van der Waals surface area contributed by atoms with Crippen LogP contribution in [0.1, 0.15) is 6.92 Å². The minimum atomic E-state index is -0.394. The Morgan fingerprint density at radius 3 is 2.60 bits per heavy atom. The topological polar surface area (TPSA) is 38.7 Å². The van der Waals surface area contributed by atoms with Gasteiger partial charge >= 0.3 is 0 Å². The summed E-state index contributed by atoms with van der Waals surface area (Å²) in [6, 6.07) is 0. The molecule has 0 bridgehead atoms. The number of fused-ring (bicyclic) bond motifs is 1. The van der Waals surface area contributed by atoms with Crippen LogP contribution in [0.15, 0.2) is 0 Å². The molecule has 0 aromatic carbocycles. The summed E-state index contributed by atoms with van der Waals surface area (Å²) in [5, 5.41) is 9.27. The predicted molar refractivity (Wildman–Crippen MR) is 34.7 cm³/mol. The molecule has 2 rings (SSSR count). The standard InChI is InChI=1S/C7H12O3/c1-4-2-9-7-5(8)3-10-6(4)7/h4-8H,2-3H2,1H3/t4-,5?,6?,7?/m0/s1. The fourth-order valence-corrected chi connectivity index (χ4v) is 1.67. The normalized spacial score (nSPS) is 53.4. The minimum absolute atomic E-state index is 0.0463. The van der Waals surface area contributed by atoms with Crippen molar-refractivity contribution in [1.82, 2.24) is 0 Å². The Kier molecular flexibility index (Phi) is 1.44. The summed E-state index contributed by atoms with van der Waals surface area (Å²) in [5.74, 6) is 0.446. The zero-order chi connectivity index (χ0) is 7.14. The van der Waals surface area contributed by atoms with Gasteiger partial charge in [-0.15, -0.1) is 0 Å². The summed E-state index contributed by atoms with van der Waals surface area (Å²) in [4.78, 5) is 0. The fraction of sp³-hybridized carbons (Fsp3) is 1.00. The van der Waals surface area contributed by atoms with E-state index >= 15 is 0 Å². The van der Waals surface area contributed by atoms with Crippen LogP contribution in [0.3, 0.4) is 0 Å². The van der Waals surface area contributed by atoms with Gasteiger partial charge in [-0.25, -0.2) is 0 Å². The van der Waals surface area contributed by atoms with E-state index in [-0.39, 0.29) is 12.2 Å². The molecule has 3 unspecified atom stereocenters. The lowest BCUT2D eigenvalue weighted by Crippen LogP contribution is -2.28. The van der Waals surface area contributed by atoms with Crippen LogP contribution in [-0.4, -0.2) is 36.6 Å². The van der Waals surface area contributed by atoms with Crippen molar-refractivity contribution >= 4 is 0 Å². The molecule has 0 radical (unpaired) electrons. The molecule has 3 nitrogen and oxygen atoms in total.